The summed E-state index contributed by atoms with van der Waals surface area (Å²) in [7, 11) is 0. The molecule has 2 N–H and O–H groups in total. The third-order valence-corrected chi connectivity index (χ3v) is 4.63. The molecule has 1 aromatic rings. The van der Waals surface area contributed by atoms with Crippen molar-refractivity contribution >= 4 is 17.3 Å². The first-order valence-corrected chi connectivity index (χ1v) is 7.46. The van der Waals surface area contributed by atoms with Gasteiger partial charge in [-0.05, 0) is 62.4 Å². The number of halogens is 1. The fraction of sp³-hybridized carbons (Fsp3) is 0.600. The zero-order chi connectivity index (χ0) is 12.4. The van der Waals surface area contributed by atoms with Crippen molar-refractivity contribution in [2.45, 2.75) is 44.2 Å². The maximum atomic E-state index is 5.92. The van der Waals surface area contributed by atoms with E-state index >= 15 is 0 Å². The molecule has 3 rings (SSSR count). The molecule has 1 aromatic carbocycles. The summed E-state index contributed by atoms with van der Waals surface area (Å²) in [6.45, 7) is 1.20. The van der Waals surface area contributed by atoms with Crippen molar-refractivity contribution in [1.29, 1.82) is 0 Å². The van der Waals surface area contributed by atoms with Gasteiger partial charge in [-0.2, -0.15) is 0 Å². The molecule has 0 amide bonds. The number of hydrogen-bond donors (Lipinski definition) is 2. The minimum absolute atomic E-state index is 0.627. The van der Waals surface area contributed by atoms with Crippen LogP contribution in [0.4, 0.5) is 5.69 Å². The third kappa shape index (κ3) is 2.65. The summed E-state index contributed by atoms with van der Waals surface area (Å²) in [4.78, 5) is 0. The molecule has 0 aromatic heterocycles. The van der Waals surface area contributed by atoms with Gasteiger partial charge in [0.2, 0.25) is 0 Å². The molecule has 2 nitrogen and oxygen atoms in total. The van der Waals surface area contributed by atoms with Crippen LogP contribution >= 0.6 is 11.6 Å². The summed E-state index contributed by atoms with van der Waals surface area (Å²) in [5.41, 5.74) is 1.20. The van der Waals surface area contributed by atoms with Gasteiger partial charge in [0.15, 0.2) is 0 Å². The Kier molecular flexibility index (Phi) is 3.76. The van der Waals surface area contributed by atoms with Crippen LogP contribution in [-0.2, 0) is 0 Å². The summed E-state index contributed by atoms with van der Waals surface area (Å²) in [5, 5.41) is 8.17. The van der Waals surface area contributed by atoms with Crippen molar-refractivity contribution in [2.24, 2.45) is 5.92 Å². The molecular weight excluding hydrogens is 244 g/mol. The second-order valence-corrected chi connectivity index (χ2v) is 5.99. The van der Waals surface area contributed by atoms with Gasteiger partial charge in [-0.25, -0.2) is 0 Å². The van der Waals surface area contributed by atoms with E-state index in [1.54, 1.807) is 0 Å². The fourth-order valence-electron chi connectivity index (χ4n) is 3.49. The van der Waals surface area contributed by atoms with Gasteiger partial charge in [-0.15, -0.1) is 0 Å². The minimum atomic E-state index is 0.627. The Morgan fingerprint density at radius 3 is 2.61 bits per heavy atom. The number of rotatable bonds is 3. The highest BCUT2D eigenvalue weighted by molar-refractivity contribution is 6.30. The number of benzene rings is 1. The molecule has 18 heavy (non-hydrogen) atoms. The Morgan fingerprint density at radius 1 is 1.06 bits per heavy atom. The topological polar surface area (TPSA) is 24.1 Å². The van der Waals surface area contributed by atoms with Gasteiger partial charge in [0.1, 0.15) is 0 Å². The van der Waals surface area contributed by atoms with Crippen LogP contribution in [0.1, 0.15) is 32.1 Å². The van der Waals surface area contributed by atoms with Gasteiger partial charge in [0.25, 0.3) is 0 Å². The standard InChI is InChI=1S/C15H21ClN2/c16-11-6-8-12(9-7-11)18-15-4-1-3-13(15)14-5-2-10-17-14/h6-9,13-15,17-18H,1-5,10H2. The normalized spacial score (nSPS) is 31.7. The molecule has 2 fully saturated rings. The van der Waals surface area contributed by atoms with Crippen molar-refractivity contribution in [1.82, 2.24) is 5.32 Å². The van der Waals surface area contributed by atoms with Crippen LogP contribution in [-0.4, -0.2) is 18.6 Å². The summed E-state index contributed by atoms with van der Waals surface area (Å²) in [6, 6.07) is 9.45. The summed E-state index contributed by atoms with van der Waals surface area (Å²) in [5.74, 6) is 0.795. The Balaban J connectivity index is 1.65. The number of anilines is 1. The molecule has 3 atom stereocenters. The molecule has 0 spiro atoms. The summed E-state index contributed by atoms with van der Waals surface area (Å²) >= 11 is 5.92. The largest absolute Gasteiger partial charge is 0.382 e. The van der Waals surface area contributed by atoms with E-state index in [-0.39, 0.29) is 0 Å². The van der Waals surface area contributed by atoms with E-state index in [4.69, 9.17) is 11.6 Å². The Labute approximate surface area is 114 Å². The van der Waals surface area contributed by atoms with Crippen LogP contribution in [0.3, 0.4) is 0 Å². The van der Waals surface area contributed by atoms with Crippen LogP contribution < -0.4 is 10.6 Å². The van der Waals surface area contributed by atoms with Crippen molar-refractivity contribution in [3.05, 3.63) is 29.3 Å². The van der Waals surface area contributed by atoms with Crippen LogP contribution in [0.5, 0.6) is 0 Å². The average molecular weight is 265 g/mol. The predicted molar refractivity (Wildman–Crippen MR) is 77.2 cm³/mol. The van der Waals surface area contributed by atoms with E-state index < -0.39 is 0 Å². The van der Waals surface area contributed by atoms with Gasteiger partial charge < -0.3 is 10.6 Å². The maximum Gasteiger partial charge on any atom is 0.0407 e. The highest BCUT2D eigenvalue weighted by atomic mass is 35.5. The Morgan fingerprint density at radius 2 is 1.89 bits per heavy atom. The molecule has 0 radical (unpaired) electrons. The molecule has 1 saturated heterocycles. The maximum absolute atomic E-state index is 5.92. The van der Waals surface area contributed by atoms with Crippen molar-refractivity contribution in [3.8, 4) is 0 Å². The molecule has 1 saturated carbocycles. The van der Waals surface area contributed by atoms with Crippen LogP contribution in [0.2, 0.25) is 5.02 Å². The summed E-state index contributed by atoms with van der Waals surface area (Å²) < 4.78 is 0. The molecule has 2 aliphatic rings. The lowest BCUT2D eigenvalue weighted by Gasteiger charge is -2.27. The van der Waals surface area contributed by atoms with E-state index in [1.807, 2.05) is 12.1 Å². The van der Waals surface area contributed by atoms with E-state index in [2.05, 4.69) is 22.8 Å². The first-order chi connectivity index (χ1) is 8.83. The van der Waals surface area contributed by atoms with Crippen molar-refractivity contribution < 1.29 is 0 Å². The van der Waals surface area contributed by atoms with Gasteiger partial charge in [-0.3, -0.25) is 0 Å². The quantitative estimate of drug-likeness (QED) is 0.870. The third-order valence-electron chi connectivity index (χ3n) is 4.38. The van der Waals surface area contributed by atoms with Crippen molar-refractivity contribution in [3.63, 3.8) is 0 Å². The molecular formula is C15H21ClN2. The first-order valence-electron chi connectivity index (χ1n) is 7.08. The highest BCUT2D eigenvalue weighted by Gasteiger charge is 2.34. The fourth-order valence-corrected chi connectivity index (χ4v) is 3.61. The van der Waals surface area contributed by atoms with E-state index in [0.717, 1.165) is 17.0 Å². The Bertz CT molecular complexity index is 384. The van der Waals surface area contributed by atoms with Gasteiger partial charge in [-0.1, -0.05) is 18.0 Å². The van der Waals surface area contributed by atoms with Crippen LogP contribution in [0.25, 0.3) is 0 Å². The number of nitrogens with one attached hydrogen (secondary N) is 2. The molecule has 98 valence electrons. The van der Waals surface area contributed by atoms with Crippen molar-refractivity contribution in [2.75, 3.05) is 11.9 Å². The molecule has 1 heterocycles. The zero-order valence-electron chi connectivity index (χ0n) is 10.7. The molecule has 1 aliphatic carbocycles. The monoisotopic (exact) mass is 264 g/mol. The minimum Gasteiger partial charge on any atom is -0.382 e. The van der Waals surface area contributed by atoms with E-state index in [1.165, 1.54) is 44.3 Å². The molecule has 1 aliphatic heterocycles. The second-order valence-electron chi connectivity index (χ2n) is 5.56. The molecule has 3 heteroatoms. The molecule has 0 bridgehead atoms. The van der Waals surface area contributed by atoms with E-state index in [0.29, 0.717) is 6.04 Å². The van der Waals surface area contributed by atoms with Gasteiger partial charge in [0.05, 0.1) is 0 Å². The average Bonchev–Trinajstić information content (AvgIpc) is 3.02. The van der Waals surface area contributed by atoms with Crippen LogP contribution in [0, 0.1) is 5.92 Å². The number of hydrogen-bond acceptors (Lipinski definition) is 2. The lowest BCUT2D eigenvalue weighted by Crippen LogP contribution is -2.38. The first kappa shape index (κ1) is 12.3. The lowest BCUT2D eigenvalue weighted by atomic mass is 9.93. The highest BCUT2D eigenvalue weighted by Crippen LogP contribution is 2.34. The zero-order valence-corrected chi connectivity index (χ0v) is 11.4. The lowest BCUT2D eigenvalue weighted by molar-refractivity contribution is 0.376. The van der Waals surface area contributed by atoms with E-state index in [9.17, 15) is 0 Å². The van der Waals surface area contributed by atoms with Gasteiger partial charge >= 0.3 is 0 Å². The predicted octanol–water partition coefficient (Wildman–Crippen LogP) is 3.67. The van der Waals surface area contributed by atoms with Crippen LogP contribution in [0.15, 0.2) is 24.3 Å². The smallest absolute Gasteiger partial charge is 0.0407 e. The van der Waals surface area contributed by atoms with Gasteiger partial charge in [0, 0.05) is 22.8 Å². The summed E-state index contributed by atoms with van der Waals surface area (Å²) in [6.07, 6.45) is 6.71. The SMILES string of the molecule is Clc1ccc(NC2CCCC2C2CCCN2)cc1. The molecule has 3 unspecified atom stereocenters. The second kappa shape index (κ2) is 5.50. The Hall–Kier alpha value is -0.730.